The van der Waals surface area contributed by atoms with Gasteiger partial charge in [0.2, 0.25) is 0 Å². The Balaban J connectivity index is 1.92. The Labute approximate surface area is 123 Å². The lowest BCUT2D eigenvalue weighted by Gasteiger charge is -2.35. The van der Waals surface area contributed by atoms with E-state index in [1.807, 2.05) is 30.5 Å². The van der Waals surface area contributed by atoms with E-state index < -0.39 is 11.6 Å². The van der Waals surface area contributed by atoms with Crippen LogP contribution in [0.1, 0.15) is 25.7 Å². The van der Waals surface area contributed by atoms with E-state index in [4.69, 9.17) is 5.11 Å². The van der Waals surface area contributed by atoms with Crippen LogP contribution in [0.2, 0.25) is 0 Å². The first-order valence-corrected chi connectivity index (χ1v) is 8.09. The second-order valence-corrected chi connectivity index (χ2v) is 6.24. The lowest BCUT2D eigenvalue weighted by atomic mass is 9.79. The monoisotopic (exact) mass is 295 g/mol. The summed E-state index contributed by atoms with van der Waals surface area (Å²) in [6.07, 6.45) is 4.21. The van der Waals surface area contributed by atoms with Crippen LogP contribution in [-0.2, 0) is 4.79 Å². The van der Waals surface area contributed by atoms with Gasteiger partial charge in [0.25, 0.3) is 0 Å². The van der Waals surface area contributed by atoms with E-state index in [0.717, 1.165) is 10.6 Å². The van der Waals surface area contributed by atoms with Gasteiger partial charge in [0, 0.05) is 17.1 Å². The first kappa shape index (κ1) is 15.2. The number of rotatable bonds is 5. The van der Waals surface area contributed by atoms with Crippen molar-refractivity contribution in [1.82, 2.24) is 0 Å². The Morgan fingerprint density at radius 1 is 1.40 bits per heavy atom. The smallest absolute Gasteiger partial charge is 0.306 e. The summed E-state index contributed by atoms with van der Waals surface area (Å²) >= 11 is 1.66. The second-order valence-electron chi connectivity index (χ2n) is 5.39. The molecule has 0 spiro atoms. The molecule has 110 valence electrons. The maximum Gasteiger partial charge on any atom is 0.306 e. The number of aliphatic carboxylic acids is 1. The summed E-state index contributed by atoms with van der Waals surface area (Å²) < 4.78 is 0. The highest BCUT2D eigenvalue weighted by Crippen LogP contribution is 2.33. The minimum Gasteiger partial charge on any atom is -0.481 e. The Kier molecular flexibility index (Phi) is 4.94. The van der Waals surface area contributed by atoms with E-state index in [1.165, 1.54) is 0 Å². The third-order valence-electron chi connectivity index (χ3n) is 3.98. The summed E-state index contributed by atoms with van der Waals surface area (Å²) in [4.78, 5) is 12.1. The molecule has 0 amide bonds. The first-order chi connectivity index (χ1) is 9.54. The molecule has 0 saturated heterocycles. The molecule has 1 fully saturated rings. The number of aliphatic hydroxyl groups is 1. The number of para-hydroxylation sites is 1. The minimum atomic E-state index is -0.794. The van der Waals surface area contributed by atoms with Gasteiger partial charge in [-0.25, -0.2) is 0 Å². The van der Waals surface area contributed by atoms with Gasteiger partial charge < -0.3 is 15.5 Å². The zero-order chi connectivity index (χ0) is 14.6. The molecule has 0 aliphatic heterocycles. The Morgan fingerprint density at radius 3 is 2.65 bits per heavy atom. The molecule has 1 saturated carbocycles. The number of thioether (sulfide) groups is 1. The number of hydrogen-bond donors (Lipinski definition) is 3. The predicted octanol–water partition coefficient (Wildman–Crippen LogP) is 2.83. The summed E-state index contributed by atoms with van der Waals surface area (Å²) in [7, 11) is 0. The number of anilines is 1. The van der Waals surface area contributed by atoms with Crippen LogP contribution < -0.4 is 5.32 Å². The lowest BCUT2D eigenvalue weighted by molar-refractivity contribution is -0.144. The van der Waals surface area contributed by atoms with Crippen LogP contribution in [0, 0.1) is 5.92 Å². The SMILES string of the molecule is CSc1ccccc1NCC1(O)CCC(C(=O)O)CC1. The molecular weight excluding hydrogens is 274 g/mol. The molecular formula is C15H21NO3S. The topological polar surface area (TPSA) is 69.6 Å². The molecule has 0 bridgehead atoms. The maximum atomic E-state index is 10.9. The Morgan fingerprint density at radius 2 is 2.05 bits per heavy atom. The largest absolute Gasteiger partial charge is 0.481 e. The number of benzene rings is 1. The van der Waals surface area contributed by atoms with Crippen molar-refractivity contribution in [3.05, 3.63) is 24.3 Å². The van der Waals surface area contributed by atoms with Crippen molar-refractivity contribution >= 4 is 23.4 Å². The molecule has 1 aromatic rings. The van der Waals surface area contributed by atoms with Crippen molar-refractivity contribution in [2.24, 2.45) is 5.92 Å². The predicted molar refractivity (Wildman–Crippen MR) is 81.3 cm³/mol. The van der Waals surface area contributed by atoms with Gasteiger partial charge in [0.1, 0.15) is 0 Å². The highest BCUT2D eigenvalue weighted by atomic mass is 32.2. The third-order valence-corrected chi connectivity index (χ3v) is 4.78. The molecule has 1 aliphatic carbocycles. The van der Waals surface area contributed by atoms with E-state index in [1.54, 1.807) is 11.8 Å². The fourth-order valence-electron chi connectivity index (χ4n) is 2.63. The number of nitrogens with one attached hydrogen (secondary N) is 1. The summed E-state index contributed by atoms with van der Waals surface area (Å²) in [5.41, 5.74) is 0.228. The third kappa shape index (κ3) is 3.67. The number of carboxylic acid groups (broad SMARTS) is 1. The molecule has 0 heterocycles. The summed E-state index contributed by atoms with van der Waals surface area (Å²) in [6.45, 7) is 0.469. The van der Waals surface area contributed by atoms with Gasteiger partial charge in [0.05, 0.1) is 11.5 Å². The molecule has 0 atom stereocenters. The molecule has 0 aromatic heterocycles. The fraction of sp³-hybridized carbons (Fsp3) is 0.533. The van der Waals surface area contributed by atoms with E-state index in [-0.39, 0.29) is 5.92 Å². The summed E-state index contributed by atoms with van der Waals surface area (Å²) in [5, 5.41) is 22.8. The second kappa shape index (κ2) is 6.50. The van der Waals surface area contributed by atoms with E-state index in [2.05, 4.69) is 5.32 Å². The van der Waals surface area contributed by atoms with Crippen molar-refractivity contribution in [2.45, 2.75) is 36.2 Å². The minimum absolute atomic E-state index is 0.297. The standard InChI is InChI=1S/C15H21NO3S/c1-20-13-5-3-2-4-12(13)16-10-15(19)8-6-11(7-9-15)14(17)18/h2-5,11,16,19H,6-10H2,1H3,(H,17,18). The van der Waals surface area contributed by atoms with E-state index in [0.29, 0.717) is 32.2 Å². The average Bonchev–Trinajstić information content (AvgIpc) is 2.46. The number of hydrogen-bond acceptors (Lipinski definition) is 4. The van der Waals surface area contributed by atoms with Gasteiger partial charge in [0.15, 0.2) is 0 Å². The van der Waals surface area contributed by atoms with Crippen LogP contribution >= 0.6 is 11.8 Å². The summed E-state index contributed by atoms with van der Waals surface area (Å²) in [6, 6.07) is 7.99. The van der Waals surface area contributed by atoms with Crippen molar-refractivity contribution in [2.75, 3.05) is 18.1 Å². The van der Waals surface area contributed by atoms with Crippen LogP contribution in [0.3, 0.4) is 0 Å². The quantitative estimate of drug-likeness (QED) is 0.729. The number of carbonyl (C=O) groups is 1. The van der Waals surface area contributed by atoms with Gasteiger partial charge >= 0.3 is 5.97 Å². The Bertz CT molecular complexity index is 470. The van der Waals surface area contributed by atoms with Crippen LogP contribution in [0.15, 0.2) is 29.2 Å². The lowest BCUT2D eigenvalue weighted by Crippen LogP contribution is -2.41. The molecule has 0 unspecified atom stereocenters. The molecule has 4 nitrogen and oxygen atoms in total. The summed E-state index contributed by atoms with van der Waals surface area (Å²) in [5.74, 6) is -1.04. The molecule has 3 N–H and O–H groups in total. The van der Waals surface area contributed by atoms with Gasteiger partial charge in [-0.1, -0.05) is 12.1 Å². The van der Waals surface area contributed by atoms with E-state index >= 15 is 0 Å². The normalized spacial score (nSPS) is 26.2. The molecule has 5 heteroatoms. The molecule has 2 rings (SSSR count). The van der Waals surface area contributed by atoms with Crippen LogP contribution in [0.25, 0.3) is 0 Å². The molecule has 0 radical (unpaired) electrons. The van der Waals surface area contributed by atoms with Gasteiger partial charge in [-0.05, 0) is 44.1 Å². The van der Waals surface area contributed by atoms with Gasteiger partial charge in [-0.3, -0.25) is 4.79 Å². The zero-order valence-electron chi connectivity index (χ0n) is 11.6. The van der Waals surface area contributed by atoms with Crippen LogP contribution in [0.4, 0.5) is 5.69 Å². The van der Waals surface area contributed by atoms with Gasteiger partial charge in [-0.2, -0.15) is 0 Å². The highest BCUT2D eigenvalue weighted by molar-refractivity contribution is 7.98. The Hall–Kier alpha value is -1.20. The van der Waals surface area contributed by atoms with Crippen molar-refractivity contribution in [3.8, 4) is 0 Å². The van der Waals surface area contributed by atoms with Crippen molar-refractivity contribution in [1.29, 1.82) is 0 Å². The van der Waals surface area contributed by atoms with Crippen molar-refractivity contribution < 1.29 is 15.0 Å². The number of carboxylic acids is 1. The van der Waals surface area contributed by atoms with Crippen molar-refractivity contribution in [3.63, 3.8) is 0 Å². The van der Waals surface area contributed by atoms with Crippen LogP contribution in [0.5, 0.6) is 0 Å². The fourth-order valence-corrected chi connectivity index (χ4v) is 3.20. The highest BCUT2D eigenvalue weighted by Gasteiger charge is 2.35. The van der Waals surface area contributed by atoms with E-state index in [9.17, 15) is 9.90 Å². The average molecular weight is 295 g/mol. The zero-order valence-corrected chi connectivity index (χ0v) is 12.4. The van der Waals surface area contributed by atoms with Crippen LogP contribution in [-0.4, -0.2) is 34.6 Å². The van der Waals surface area contributed by atoms with Gasteiger partial charge in [-0.15, -0.1) is 11.8 Å². The first-order valence-electron chi connectivity index (χ1n) is 6.86. The molecule has 1 aliphatic rings. The molecule has 1 aromatic carbocycles. The maximum absolute atomic E-state index is 10.9. The molecule has 20 heavy (non-hydrogen) atoms.